The summed E-state index contributed by atoms with van der Waals surface area (Å²) in [6, 6.07) is 22.5. The molecule has 280 valence electrons. The van der Waals surface area contributed by atoms with Gasteiger partial charge >= 0.3 is 0 Å². The molecule has 2 aromatic carbocycles. The Kier molecular flexibility index (Phi) is 23.7. The van der Waals surface area contributed by atoms with Crippen molar-refractivity contribution >= 4 is 5.95 Å². The number of hydrogen-bond donors (Lipinski definition) is 5. The highest BCUT2D eigenvalue weighted by Gasteiger charge is 2.24. The molecule has 0 bridgehead atoms. The molecule has 3 aromatic rings. The molecule has 51 heavy (non-hydrogen) atoms. The second kappa shape index (κ2) is 27.2. The van der Waals surface area contributed by atoms with Gasteiger partial charge in [0.05, 0.1) is 6.04 Å². The molecule has 0 spiro atoms. The molecule has 0 saturated carbocycles. The minimum Gasteiger partial charge on any atom is -0.405 e. The largest absolute Gasteiger partial charge is 0.405 e. The lowest BCUT2D eigenvalue weighted by molar-refractivity contribution is 0.274. The molecular formula is C42H67N9. The molecule has 1 fully saturated rings. The van der Waals surface area contributed by atoms with E-state index in [2.05, 4.69) is 127 Å². The van der Waals surface area contributed by atoms with Crippen LogP contribution in [0.4, 0.5) is 5.95 Å². The molecule has 0 amide bonds. The molecule has 1 aliphatic rings. The highest BCUT2D eigenvalue weighted by molar-refractivity contribution is 5.30. The third kappa shape index (κ3) is 20.0. The van der Waals surface area contributed by atoms with Gasteiger partial charge in [0.1, 0.15) is 0 Å². The van der Waals surface area contributed by atoms with E-state index >= 15 is 0 Å². The van der Waals surface area contributed by atoms with Crippen LogP contribution in [-0.4, -0.2) is 66.7 Å². The molecule has 0 radical (unpaired) electrons. The predicted octanol–water partition coefficient (Wildman–Crippen LogP) is 6.38. The van der Waals surface area contributed by atoms with E-state index in [0.29, 0.717) is 13.1 Å². The minimum absolute atomic E-state index is 0.00850. The van der Waals surface area contributed by atoms with Crippen molar-refractivity contribution in [3.63, 3.8) is 0 Å². The van der Waals surface area contributed by atoms with Crippen LogP contribution in [0.5, 0.6) is 0 Å². The zero-order valence-corrected chi connectivity index (χ0v) is 31.9. The average Bonchev–Trinajstić information content (AvgIpc) is 3.14. The first-order valence-corrected chi connectivity index (χ1v) is 18.2. The van der Waals surface area contributed by atoms with Gasteiger partial charge in [0.2, 0.25) is 5.95 Å². The van der Waals surface area contributed by atoms with Crippen molar-refractivity contribution in [2.45, 2.75) is 59.4 Å². The molecule has 1 aliphatic heterocycles. The number of nitrogens with one attached hydrogen (secondary N) is 2. The Morgan fingerprint density at radius 2 is 1.41 bits per heavy atom. The van der Waals surface area contributed by atoms with Crippen LogP contribution in [0, 0.1) is 18.8 Å². The van der Waals surface area contributed by atoms with Crippen LogP contribution >= 0.6 is 0 Å². The van der Waals surface area contributed by atoms with Gasteiger partial charge in [-0.1, -0.05) is 120 Å². The van der Waals surface area contributed by atoms with Crippen LogP contribution in [0.1, 0.15) is 51.2 Å². The Morgan fingerprint density at radius 3 is 1.90 bits per heavy atom. The van der Waals surface area contributed by atoms with E-state index in [1.165, 1.54) is 23.0 Å². The number of unbranched alkanes of at least 4 members (excludes halogenated alkanes) is 1. The summed E-state index contributed by atoms with van der Waals surface area (Å²) in [5.74, 6) is 1.92. The highest BCUT2D eigenvalue weighted by Crippen LogP contribution is 2.23. The monoisotopic (exact) mass is 698 g/mol. The summed E-state index contributed by atoms with van der Waals surface area (Å²) in [6.45, 7) is 30.1. The maximum absolute atomic E-state index is 5.82. The molecule has 1 saturated heterocycles. The van der Waals surface area contributed by atoms with Gasteiger partial charge in [-0.05, 0) is 56.5 Å². The van der Waals surface area contributed by atoms with E-state index in [9.17, 15) is 0 Å². The minimum atomic E-state index is -0.00850. The lowest BCUT2D eigenvalue weighted by atomic mass is 9.96. The fourth-order valence-corrected chi connectivity index (χ4v) is 5.16. The third-order valence-corrected chi connectivity index (χ3v) is 7.84. The molecule has 9 nitrogen and oxygen atoms in total. The Labute approximate surface area is 309 Å². The van der Waals surface area contributed by atoms with Crippen LogP contribution in [-0.2, 0) is 6.42 Å². The molecule has 9 heteroatoms. The first-order valence-electron chi connectivity index (χ1n) is 18.2. The van der Waals surface area contributed by atoms with Gasteiger partial charge in [-0.3, -0.25) is 0 Å². The molecule has 1 aromatic heterocycles. The lowest BCUT2D eigenvalue weighted by Gasteiger charge is -2.39. The van der Waals surface area contributed by atoms with E-state index in [4.69, 9.17) is 11.5 Å². The molecule has 2 heterocycles. The van der Waals surface area contributed by atoms with Gasteiger partial charge in [0.15, 0.2) is 0 Å². The maximum atomic E-state index is 5.82. The standard InChI is InChI=1S/C29H44N8.C7H8.C4H10.C2H5N/c1-23(21-31)35-28(20-26-10-5-4-6-11-26)24(2)34-22-27(12-7-8-13-30)25(3)36-16-18-37(19-17-36)29-32-14-9-15-33-29;1-7-5-3-2-4-6-7;1-4(2)3;1-2-3/h4-6,9-11,14-15,27-28,34-35H,1-3,7-8,12-13,16-22,30-31H2;2-6H,1H3;4H,1-3H3;2H,1,3H2. The Morgan fingerprint density at radius 1 is 0.863 bits per heavy atom. The number of nitrogens with zero attached hydrogens (tertiary/aromatic N) is 4. The summed E-state index contributed by atoms with van der Waals surface area (Å²) in [5.41, 5.74) is 21.7. The van der Waals surface area contributed by atoms with Crippen LogP contribution < -0.4 is 32.7 Å². The van der Waals surface area contributed by atoms with Crippen molar-refractivity contribution in [3.8, 4) is 0 Å². The summed E-state index contributed by atoms with van der Waals surface area (Å²) < 4.78 is 0. The van der Waals surface area contributed by atoms with E-state index < -0.39 is 0 Å². The van der Waals surface area contributed by atoms with Gasteiger partial charge in [0.25, 0.3) is 0 Å². The second-order valence-electron chi connectivity index (χ2n) is 13.2. The molecular weight excluding hydrogens is 631 g/mol. The molecule has 2 unspecified atom stereocenters. The number of anilines is 1. The quantitative estimate of drug-likeness (QED) is 0.108. The van der Waals surface area contributed by atoms with Crippen LogP contribution in [0.2, 0.25) is 0 Å². The van der Waals surface area contributed by atoms with Crippen LogP contribution in [0.15, 0.2) is 129 Å². The van der Waals surface area contributed by atoms with Crippen LogP contribution in [0.25, 0.3) is 0 Å². The summed E-state index contributed by atoms with van der Waals surface area (Å²) in [5, 5.41) is 7.08. The third-order valence-electron chi connectivity index (χ3n) is 7.84. The molecule has 4 rings (SSSR count). The van der Waals surface area contributed by atoms with Crippen molar-refractivity contribution in [2.24, 2.45) is 29.0 Å². The first kappa shape index (κ1) is 44.4. The van der Waals surface area contributed by atoms with Crippen molar-refractivity contribution in [1.82, 2.24) is 25.5 Å². The van der Waals surface area contributed by atoms with Crippen molar-refractivity contribution in [2.75, 3.05) is 50.7 Å². The summed E-state index contributed by atoms with van der Waals surface area (Å²) in [4.78, 5) is 13.4. The number of benzene rings is 2. The lowest BCUT2D eigenvalue weighted by Crippen LogP contribution is -2.48. The zero-order chi connectivity index (χ0) is 37.9. The van der Waals surface area contributed by atoms with Gasteiger partial charge in [-0.25, -0.2) is 9.97 Å². The van der Waals surface area contributed by atoms with Gasteiger partial charge in [-0.2, -0.15) is 0 Å². The van der Waals surface area contributed by atoms with E-state index in [1.54, 1.807) is 12.4 Å². The highest BCUT2D eigenvalue weighted by atomic mass is 15.3. The number of rotatable bonds is 16. The van der Waals surface area contributed by atoms with Crippen LogP contribution in [0.3, 0.4) is 0 Å². The molecule has 2 atom stereocenters. The number of aromatic nitrogens is 2. The number of piperazine rings is 1. The fourth-order valence-electron chi connectivity index (χ4n) is 5.16. The number of nitrogens with two attached hydrogens (primary N) is 3. The topological polar surface area (TPSA) is 134 Å². The summed E-state index contributed by atoms with van der Waals surface area (Å²) in [6.07, 6.45) is 8.75. The predicted molar refractivity (Wildman–Crippen MR) is 220 cm³/mol. The normalized spacial score (nSPS) is 13.1. The Bertz CT molecular complexity index is 1340. The fraction of sp³-hybridized carbons (Fsp3) is 0.429. The first-order chi connectivity index (χ1) is 24.6. The maximum Gasteiger partial charge on any atom is 0.225 e. The van der Waals surface area contributed by atoms with Gasteiger partial charge in [0, 0.05) is 74.7 Å². The van der Waals surface area contributed by atoms with Gasteiger partial charge < -0.3 is 37.6 Å². The Hall–Kier alpha value is -4.60. The average molecular weight is 698 g/mol. The Balaban J connectivity index is 0.000000778. The summed E-state index contributed by atoms with van der Waals surface area (Å²) >= 11 is 0. The van der Waals surface area contributed by atoms with E-state index in [1.807, 2.05) is 30.3 Å². The van der Waals surface area contributed by atoms with E-state index in [-0.39, 0.29) is 12.0 Å². The van der Waals surface area contributed by atoms with Crippen molar-refractivity contribution in [1.29, 1.82) is 0 Å². The van der Waals surface area contributed by atoms with Gasteiger partial charge in [-0.15, -0.1) is 0 Å². The van der Waals surface area contributed by atoms with Crippen molar-refractivity contribution < 1.29 is 0 Å². The molecule has 0 aliphatic carbocycles. The van der Waals surface area contributed by atoms with E-state index in [0.717, 1.165) is 81.7 Å². The zero-order valence-electron chi connectivity index (χ0n) is 31.9. The summed E-state index contributed by atoms with van der Waals surface area (Å²) in [7, 11) is 0. The number of aryl methyl sites for hydroxylation is 1. The van der Waals surface area contributed by atoms with Crippen molar-refractivity contribution in [3.05, 3.63) is 140 Å². The SMILES string of the molecule is C=C(CN)NC(Cc1ccccc1)C(=C)NCC(CCCCN)C(=C)N1CCN(c2ncccn2)CC1.C=CN.CC(C)C.Cc1ccccc1. The molecule has 8 N–H and O–H groups in total. The number of hydrogen-bond acceptors (Lipinski definition) is 9. The smallest absolute Gasteiger partial charge is 0.225 e. The second-order valence-corrected chi connectivity index (χ2v) is 13.2.